The highest BCUT2D eigenvalue weighted by Gasteiger charge is 1.99. The molecule has 78 valence electrons. The highest BCUT2D eigenvalue weighted by molar-refractivity contribution is 5.88. The first-order chi connectivity index (χ1) is 7.13. The maximum Gasteiger partial charge on any atom is 0.221 e. The highest BCUT2D eigenvalue weighted by Crippen LogP contribution is 2.14. The fraction of sp³-hybridized carbons (Fsp3) is 0.250. The van der Waals surface area contributed by atoms with Gasteiger partial charge >= 0.3 is 0 Å². The molecule has 1 rings (SSSR count). The number of carbonyl (C=O) groups excluding carboxylic acids is 1. The van der Waals surface area contributed by atoms with Crippen LogP contribution in [0.3, 0.4) is 0 Å². The van der Waals surface area contributed by atoms with E-state index in [1.54, 1.807) is 6.07 Å². The van der Waals surface area contributed by atoms with Gasteiger partial charge in [-0.15, -0.1) is 0 Å². The maximum absolute atomic E-state index is 10.8. The Morgan fingerprint density at radius 1 is 1.53 bits per heavy atom. The second kappa shape index (κ2) is 5.18. The third-order valence-corrected chi connectivity index (χ3v) is 1.86. The second-order valence-corrected chi connectivity index (χ2v) is 3.17. The molecule has 0 bridgehead atoms. The Morgan fingerprint density at radius 2 is 2.27 bits per heavy atom. The first-order valence-corrected chi connectivity index (χ1v) is 4.61. The molecule has 0 aliphatic heterocycles. The fourth-order valence-electron chi connectivity index (χ4n) is 1.17. The lowest BCUT2D eigenvalue weighted by Crippen LogP contribution is -2.05. The molecule has 0 heterocycles. The molecule has 2 N–H and O–H groups in total. The van der Waals surface area contributed by atoms with Crippen molar-refractivity contribution >= 4 is 11.6 Å². The summed E-state index contributed by atoms with van der Waals surface area (Å²) in [6.07, 6.45) is 0. The smallest absolute Gasteiger partial charge is 0.221 e. The summed E-state index contributed by atoms with van der Waals surface area (Å²) < 4.78 is 0. The SMILES string of the molecule is CC(=O)Nc1ccc(C)c(C#CCO)c1. The summed E-state index contributed by atoms with van der Waals surface area (Å²) in [5, 5.41) is 11.3. The van der Waals surface area contributed by atoms with E-state index in [-0.39, 0.29) is 12.5 Å². The molecule has 15 heavy (non-hydrogen) atoms. The molecule has 0 spiro atoms. The number of aliphatic hydroxyl groups excluding tert-OH is 1. The summed E-state index contributed by atoms with van der Waals surface area (Å²) in [6, 6.07) is 5.49. The monoisotopic (exact) mass is 203 g/mol. The Morgan fingerprint density at radius 3 is 2.87 bits per heavy atom. The molecule has 1 aromatic rings. The summed E-state index contributed by atoms with van der Waals surface area (Å²) in [6.45, 7) is 3.22. The van der Waals surface area contributed by atoms with Crippen molar-refractivity contribution in [2.24, 2.45) is 0 Å². The van der Waals surface area contributed by atoms with Gasteiger partial charge in [0.05, 0.1) is 0 Å². The molecule has 1 aromatic carbocycles. The lowest BCUT2D eigenvalue weighted by Gasteiger charge is -2.04. The average Bonchev–Trinajstić information content (AvgIpc) is 2.18. The van der Waals surface area contributed by atoms with Gasteiger partial charge in [0.1, 0.15) is 6.61 Å². The van der Waals surface area contributed by atoms with Gasteiger partial charge in [-0.3, -0.25) is 4.79 Å². The van der Waals surface area contributed by atoms with E-state index in [1.807, 2.05) is 19.1 Å². The summed E-state index contributed by atoms with van der Waals surface area (Å²) >= 11 is 0. The summed E-state index contributed by atoms with van der Waals surface area (Å²) in [5.41, 5.74) is 2.55. The third-order valence-electron chi connectivity index (χ3n) is 1.86. The minimum Gasteiger partial charge on any atom is -0.384 e. The van der Waals surface area contributed by atoms with Crippen molar-refractivity contribution in [2.45, 2.75) is 13.8 Å². The van der Waals surface area contributed by atoms with Gasteiger partial charge in [0.2, 0.25) is 5.91 Å². The Hall–Kier alpha value is -1.79. The molecule has 0 aromatic heterocycles. The molecule has 3 heteroatoms. The molecule has 0 saturated carbocycles. The van der Waals surface area contributed by atoms with Crippen LogP contribution in [0.15, 0.2) is 18.2 Å². The van der Waals surface area contributed by atoms with Crippen LogP contribution in [0.4, 0.5) is 5.69 Å². The van der Waals surface area contributed by atoms with Gasteiger partial charge < -0.3 is 10.4 Å². The average molecular weight is 203 g/mol. The molecule has 0 aliphatic carbocycles. The molecule has 0 radical (unpaired) electrons. The minimum absolute atomic E-state index is 0.111. The number of nitrogens with one attached hydrogen (secondary N) is 1. The van der Waals surface area contributed by atoms with Crippen molar-refractivity contribution in [3.63, 3.8) is 0 Å². The van der Waals surface area contributed by atoms with E-state index in [1.165, 1.54) is 6.92 Å². The Kier molecular flexibility index (Phi) is 3.90. The van der Waals surface area contributed by atoms with E-state index < -0.39 is 0 Å². The predicted octanol–water partition coefficient (Wildman–Crippen LogP) is 1.30. The second-order valence-electron chi connectivity index (χ2n) is 3.17. The van der Waals surface area contributed by atoms with Gasteiger partial charge in [0.25, 0.3) is 0 Å². The normalized spacial score (nSPS) is 9.00. The van der Waals surface area contributed by atoms with Crippen molar-refractivity contribution in [1.82, 2.24) is 0 Å². The molecule has 0 aliphatic rings. The zero-order chi connectivity index (χ0) is 11.3. The molecule has 1 amide bonds. The molecule has 0 atom stereocenters. The number of benzene rings is 1. The van der Waals surface area contributed by atoms with E-state index in [9.17, 15) is 4.79 Å². The van der Waals surface area contributed by atoms with E-state index in [0.717, 1.165) is 16.8 Å². The molecular weight excluding hydrogens is 190 g/mol. The topological polar surface area (TPSA) is 49.3 Å². The van der Waals surface area contributed by atoms with Crippen LogP contribution in [0.2, 0.25) is 0 Å². The quantitative estimate of drug-likeness (QED) is 0.676. The van der Waals surface area contributed by atoms with Crippen LogP contribution in [0, 0.1) is 18.8 Å². The molecule has 0 fully saturated rings. The van der Waals surface area contributed by atoms with Crippen molar-refractivity contribution < 1.29 is 9.90 Å². The number of aryl methyl sites for hydroxylation is 1. The number of hydrogen-bond donors (Lipinski definition) is 2. The van der Waals surface area contributed by atoms with E-state index in [0.29, 0.717) is 0 Å². The van der Waals surface area contributed by atoms with E-state index in [4.69, 9.17) is 5.11 Å². The minimum atomic E-state index is -0.163. The van der Waals surface area contributed by atoms with Crippen molar-refractivity contribution in [3.05, 3.63) is 29.3 Å². The highest BCUT2D eigenvalue weighted by atomic mass is 16.2. The number of hydrogen-bond acceptors (Lipinski definition) is 2. The van der Waals surface area contributed by atoms with Gasteiger partial charge in [-0.25, -0.2) is 0 Å². The molecular formula is C12H13NO2. The Balaban J connectivity index is 2.99. The van der Waals surface area contributed by atoms with Gasteiger partial charge in [-0.1, -0.05) is 17.9 Å². The molecule has 3 nitrogen and oxygen atoms in total. The standard InChI is InChI=1S/C12H13NO2/c1-9-5-6-12(13-10(2)15)8-11(9)4-3-7-14/h5-6,8,14H,7H2,1-2H3,(H,13,15). The van der Waals surface area contributed by atoms with Gasteiger partial charge in [-0.05, 0) is 24.6 Å². The summed E-state index contributed by atoms with van der Waals surface area (Å²) in [7, 11) is 0. The van der Waals surface area contributed by atoms with Gasteiger partial charge in [0, 0.05) is 18.2 Å². The Labute approximate surface area is 89.1 Å². The van der Waals surface area contributed by atoms with Crippen LogP contribution in [-0.4, -0.2) is 17.6 Å². The zero-order valence-corrected chi connectivity index (χ0v) is 8.79. The molecule has 0 unspecified atom stereocenters. The number of rotatable bonds is 1. The number of carbonyl (C=O) groups is 1. The van der Waals surface area contributed by atoms with Crippen LogP contribution >= 0.6 is 0 Å². The summed E-state index contributed by atoms with van der Waals surface area (Å²) in [4.78, 5) is 10.8. The van der Waals surface area contributed by atoms with Crippen molar-refractivity contribution in [3.8, 4) is 11.8 Å². The van der Waals surface area contributed by atoms with Crippen LogP contribution in [0.5, 0.6) is 0 Å². The fourth-order valence-corrected chi connectivity index (χ4v) is 1.17. The van der Waals surface area contributed by atoms with Gasteiger partial charge in [-0.2, -0.15) is 0 Å². The lowest BCUT2D eigenvalue weighted by atomic mass is 10.1. The molecule has 0 saturated heterocycles. The van der Waals surface area contributed by atoms with Gasteiger partial charge in [0.15, 0.2) is 0 Å². The predicted molar refractivity (Wildman–Crippen MR) is 59.4 cm³/mol. The number of amides is 1. The largest absolute Gasteiger partial charge is 0.384 e. The first-order valence-electron chi connectivity index (χ1n) is 4.61. The van der Waals surface area contributed by atoms with E-state index >= 15 is 0 Å². The van der Waals surface area contributed by atoms with Crippen molar-refractivity contribution in [2.75, 3.05) is 11.9 Å². The Bertz CT molecular complexity index is 427. The third kappa shape index (κ3) is 3.45. The summed E-state index contributed by atoms with van der Waals surface area (Å²) in [5.74, 6) is 5.29. The first kappa shape index (κ1) is 11.3. The van der Waals surface area contributed by atoms with Crippen LogP contribution in [-0.2, 0) is 4.79 Å². The van der Waals surface area contributed by atoms with Crippen molar-refractivity contribution in [1.29, 1.82) is 0 Å². The number of aliphatic hydroxyl groups is 1. The van der Waals surface area contributed by atoms with E-state index in [2.05, 4.69) is 17.2 Å². The zero-order valence-electron chi connectivity index (χ0n) is 8.79. The van der Waals surface area contributed by atoms with Crippen LogP contribution < -0.4 is 5.32 Å². The van der Waals surface area contributed by atoms with Crippen LogP contribution in [0.1, 0.15) is 18.1 Å². The number of anilines is 1. The maximum atomic E-state index is 10.8. The lowest BCUT2D eigenvalue weighted by molar-refractivity contribution is -0.114. The van der Waals surface area contributed by atoms with Crippen LogP contribution in [0.25, 0.3) is 0 Å².